The molecule has 0 amide bonds. The highest BCUT2D eigenvalue weighted by molar-refractivity contribution is 7.99. The number of hydrogen-bond donors (Lipinski definition) is 1. The molecule has 1 radical (unpaired) electrons. The Morgan fingerprint density at radius 2 is 2.35 bits per heavy atom. The molecule has 93 valence electrons. The van der Waals surface area contributed by atoms with Crippen molar-refractivity contribution in [1.82, 2.24) is 0 Å². The molecule has 2 N–H and O–H groups in total. The van der Waals surface area contributed by atoms with E-state index in [4.69, 9.17) is 5.73 Å². The third kappa shape index (κ3) is 2.78. The van der Waals surface area contributed by atoms with E-state index in [1.807, 2.05) is 18.7 Å². The fraction of sp³-hybridized carbons (Fsp3) is 0.500. The summed E-state index contributed by atoms with van der Waals surface area (Å²) >= 11 is 1.93. The summed E-state index contributed by atoms with van der Waals surface area (Å²) in [7, 11) is 0. The van der Waals surface area contributed by atoms with Gasteiger partial charge < -0.3 is 10.6 Å². The SMILES string of the molecule is C[CH]C(N)N1CCc2ccc(SCCC)cc21. The molecule has 2 rings (SSSR count). The van der Waals surface area contributed by atoms with Gasteiger partial charge in [0.2, 0.25) is 0 Å². The van der Waals surface area contributed by atoms with Crippen LogP contribution in [0, 0.1) is 6.42 Å². The van der Waals surface area contributed by atoms with Crippen LogP contribution in [0.15, 0.2) is 23.1 Å². The smallest absolute Gasteiger partial charge is 0.0800 e. The predicted octanol–water partition coefficient (Wildman–Crippen LogP) is 3.06. The molecule has 0 saturated heterocycles. The lowest BCUT2D eigenvalue weighted by atomic mass is 10.2. The Labute approximate surface area is 109 Å². The van der Waals surface area contributed by atoms with E-state index in [9.17, 15) is 0 Å². The standard InChI is InChI=1S/C14H21N2S/c1-3-9-17-12-6-5-11-7-8-16(13(11)10-12)14(15)4-2/h4-6,10,14H,3,7-9,15H2,1-2H3. The van der Waals surface area contributed by atoms with E-state index in [2.05, 4.69) is 36.4 Å². The van der Waals surface area contributed by atoms with Gasteiger partial charge in [0.05, 0.1) is 6.17 Å². The van der Waals surface area contributed by atoms with Gasteiger partial charge in [0.1, 0.15) is 0 Å². The Balaban J connectivity index is 2.18. The minimum atomic E-state index is 0.0441. The molecule has 3 heteroatoms. The summed E-state index contributed by atoms with van der Waals surface area (Å²) in [5.74, 6) is 1.19. The van der Waals surface area contributed by atoms with Crippen LogP contribution in [0.5, 0.6) is 0 Å². The van der Waals surface area contributed by atoms with Gasteiger partial charge in [0.25, 0.3) is 0 Å². The number of nitrogens with two attached hydrogens (primary N) is 1. The maximum absolute atomic E-state index is 6.11. The molecule has 0 fully saturated rings. The Morgan fingerprint density at radius 1 is 1.53 bits per heavy atom. The van der Waals surface area contributed by atoms with Gasteiger partial charge >= 0.3 is 0 Å². The number of nitrogens with zero attached hydrogens (tertiary/aromatic N) is 1. The fourth-order valence-corrected chi connectivity index (χ4v) is 2.98. The number of fused-ring (bicyclic) bond motifs is 1. The minimum Gasteiger partial charge on any atom is -0.355 e. The van der Waals surface area contributed by atoms with Crippen molar-refractivity contribution in [1.29, 1.82) is 0 Å². The van der Waals surface area contributed by atoms with Crippen LogP contribution in [-0.2, 0) is 6.42 Å². The molecule has 2 nitrogen and oxygen atoms in total. The molecule has 0 aliphatic carbocycles. The zero-order valence-corrected chi connectivity index (χ0v) is 11.5. The van der Waals surface area contributed by atoms with Gasteiger partial charge in [-0.2, -0.15) is 0 Å². The zero-order chi connectivity index (χ0) is 12.3. The van der Waals surface area contributed by atoms with Crippen molar-refractivity contribution in [2.75, 3.05) is 17.2 Å². The first-order valence-corrected chi connectivity index (χ1v) is 7.32. The van der Waals surface area contributed by atoms with Crippen LogP contribution >= 0.6 is 11.8 Å². The Morgan fingerprint density at radius 3 is 3.06 bits per heavy atom. The quantitative estimate of drug-likeness (QED) is 0.813. The van der Waals surface area contributed by atoms with Gasteiger partial charge in [-0.05, 0) is 42.7 Å². The second-order valence-electron chi connectivity index (χ2n) is 4.41. The predicted molar refractivity (Wildman–Crippen MR) is 76.5 cm³/mol. The summed E-state index contributed by atoms with van der Waals surface area (Å²) < 4.78 is 0. The molecule has 1 aliphatic heterocycles. The highest BCUT2D eigenvalue weighted by atomic mass is 32.2. The van der Waals surface area contributed by atoms with E-state index in [-0.39, 0.29) is 6.17 Å². The average Bonchev–Trinajstić information content (AvgIpc) is 2.78. The van der Waals surface area contributed by atoms with E-state index in [0.717, 1.165) is 13.0 Å². The molecule has 0 saturated carbocycles. The van der Waals surface area contributed by atoms with Crippen molar-refractivity contribution in [2.45, 2.75) is 37.8 Å². The molecule has 1 aliphatic rings. The zero-order valence-electron chi connectivity index (χ0n) is 10.6. The van der Waals surface area contributed by atoms with Gasteiger partial charge in [-0.25, -0.2) is 0 Å². The second kappa shape index (κ2) is 5.78. The van der Waals surface area contributed by atoms with E-state index >= 15 is 0 Å². The van der Waals surface area contributed by atoms with Crippen molar-refractivity contribution < 1.29 is 0 Å². The lowest BCUT2D eigenvalue weighted by molar-refractivity contribution is 0.699. The number of benzene rings is 1. The normalized spacial score (nSPS) is 16.1. The lowest BCUT2D eigenvalue weighted by Gasteiger charge is -2.26. The van der Waals surface area contributed by atoms with Gasteiger partial charge in [0, 0.05) is 17.1 Å². The largest absolute Gasteiger partial charge is 0.355 e. The van der Waals surface area contributed by atoms with Crippen LogP contribution in [0.4, 0.5) is 5.69 Å². The molecular formula is C14H21N2S. The van der Waals surface area contributed by atoms with Crippen LogP contribution in [-0.4, -0.2) is 18.5 Å². The first kappa shape index (κ1) is 12.8. The highest BCUT2D eigenvalue weighted by Crippen LogP contribution is 2.33. The average molecular weight is 249 g/mol. The molecule has 1 aromatic carbocycles. The first-order valence-electron chi connectivity index (χ1n) is 6.33. The summed E-state index contributed by atoms with van der Waals surface area (Å²) in [6.45, 7) is 5.29. The van der Waals surface area contributed by atoms with E-state index in [1.165, 1.54) is 28.3 Å². The van der Waals surface area contributed by atoms with Crippen LogP contribution < -0.4 is 10.6 Å². The topological polar surface area (TPSA) is 29.3 Å². The maximum atomic E-state index is 6.11. The highest BCUT2D eigenvalue weighted by Gasteiger charge is 2.22. The summed E-state index contributed by atoms with van der Waals surface area (Å²) in [5.41, 5.74) is 8.87. The molecule has 1 unspecified atom stereocenters. The van der Waals surface area contributed by atoms with Crippen molar-refractivity contribution in [2.24, 2.45) is 5.73 Å². The summed E-state index contributed by atoms with van der Waals surface area (Å²) in [4.78, 5) is 3.66. The first-order chi connectivity index (χ1) is 8.26. The van der Waals surface area contributed by atoms with E-state index in [0.29, 0.717) is 0 Å². The van der Waals surface area contributed by atoms with Crippen molar-refractivity contribution >= 4 is 17.4 Å². The van der Waals surface area contributed by atoms with Crippen LogP contribution in [0.3, 0.4) is 0 Å². The second-order valence-corrected chi connectivity index (χ2v) is 5.57. The summed E-state index contributed by atoms with van der Waals surface area (Å²) in [5, 5.41) is 0. The van der Waals surface area contributed by atoms with Crippen LogP contribution in [0.1, 0.15) is 25.8 Å². The Kier molecular flexibility index (Phi) is 4.35. The fourth-order valence-electron chi connectivity index (χ4n) is 2.18. The molecule has 17 heavy (non-hydrogen) atoms. The van der Waals surface area contributed by atoms with E-state index in [1.54, 1.807) is 0 Å². The number of thioether (sulfide) groups is 1. The molecule has 1 aromatic rings. The minimum absolute atomic E-state index is 0.0441. The van der Waals surface area contributed by atoms with Crippen LogP contribution in [0.25, 0.3) is 0 Å². The number of hydrogen-bond acceptors (Lipinski definition) is 3. The van der Waals surface area contributed by atoms with E-state index < -0.39 is 0 Å². The van der Waals surface area contributed by atoms with Gasteiger partial charge in [0.15, 0.2) is 0 Å². The van der Waals surface area contributed by atoms with Crippen molar-refractivity contribution in [3.8, 4) is 0 Å². The van der Waals surface area contributed by atoms with Gasteiger partial charge in [-0.3, -0.25) is 0 Å². The molecular weight excluding hydrogens is 228 g/mol. The molecule has 1 atom stereocenters. The summed E-state index contributed by atoms with van der Waals surface area (Å²) in [6.07, 6.45) is 4.44. The third-order valence-electron chi connectivity index (χ3n) is 3.16. The number of anilines is 1. The molecule has 0 aromatic heterocycles. The van der Waals surface area contributed by atoms with Gasteiger partial charge in [-0.1, -0.05) is 19.9 Å². The summed E-state index contributed by atoms with van der Waals surface area (Å²) in [6, 6.07) is 6.80. The molecule has 0 spiro atoms. The Hall–Kier alpha value is -0.670. The monoisotopic (exact) mass is 249 g/mol. The number of rotatable bonds is 5. The molecule has 1 heterocycles. The van der Waals surface area contributed by atoms with Crippen molar-refractivity contribution in [3.63, 3.8) is 0 Å². The van der Waals surface area contributed by atoms with Crippen molar-refractivity contribution in [3.05, 3.63) is 30.2 Å². The third-order valence-corrected chi connectivity index (χ3v) is 4.36. The lowest BCUT2D eigenvalue weighted by Crippen LogP contribution is -2.40. The van der Waals surface area contributed by atoms with Crippen LogP contribution in [0.2, 0.25) is 0 Å². The Bertz CT molecular complexity index is 378. The molecule has 0 bridgehead atoms. The maximum Gasteiger partial charge on any atom is 0.0800 e. The van der Waals surface area contributed by atoms with Gasteiger partial charge in [-0.15, -0.1) is 11.8 Å².